The number of aliphatic hydroxyl groups excluding tert-OH is 1. The Hall–Kier alpha value is 0.690. The predicted molar refractivity (Wildman–Crippen MR) is 51.4 cm³/mol. The van der Waals surface area contributed by atoms with Gasteiger partial charge in [0.15, 0.2) is 0 Å². The zero-order valence-electron chi connectivity index (χ0n) is 6.55. The molecule has 0 amide bonds. The van der Waals surface area contributed by atoms with Crippen molar-refractivity contribution in [1.82, 2.24) is 0 Å². The molecule has 1 saturated carbocycles. The fourth-order valence-corrected chi connectivity index (χ4v) is 2.60. The number of hydrogen-bond acceptors (Lipinski definition) is 1. The van der Waals surface area contributed by atoms with Crippen molar-refractivity contribution < 1.29 is 5.11 Å². The first-order valence-electron chi connectivity index (χ1n) is 3.93. The molecule has 1 rings (SSSR count). The Morgan fingerprint density at radius 2 is 1.70 bits per heavy atom. The molecule has 1 aliphatic carbocycles. The second kappa shape index (κ2) is 3.39. The Balaban J connectivity index is 2.46. The average Bonchev–Trinajstić information content (AvgIpc) is 1.84. The van der Waals surface area contributed by atoms with E-state index in [0.29, 0.717) is 9.84 Å². The zero-order chi connectivity index (χ0) is 7.72. The second-order valence-electron chi connectivity index (χ2n) is 3.51. The fraction of sp³-hybridized carbons (Fsp3) is 1.00. The highest BCUT2D eigenvalue weighted by Crippen LogP contribution is 2.33. The van der Waals surface area contributed by atoms with Gasteiger partial charge in [0.1, 0.15) is 0 Å². The normalized spacial score (nSPS) is 49.2. The minimum atomic E-state index is -0.0493. The number of aliphatic hydroxyl groups is 1. The van der Waals surface area contributed by atoms with E-state index in [1.54, 1.807) is 0 Å². The summed E-state index contributed by atoms with van der Waals surface area (Å²) in [5, 5.41) is 9.46. The van der Waals surface area contributed by atoms with E-state index < -0.39 is 0 Å². The highest BCUT2D eigenvalue weighted by atomic mass is 127. The molecule has 10 heavy (non-hydrogen) atoms. The summed E-state index contributed by atoms with van der Waals surface area (Å²) >= 11 is 2.36. The standard InChI is InChI=1S/C8H15IO/c1-5-3-7(9)8(10)4-6(5)2/h5-8,10H,3-4H2,1-2H3/t5-,6-,7+,8+/m1/s1. The lowest BCUT2D eigenvalue weighted by Crippen LogP contribution is -2.33. The van der Waals surface area contributed by atoms with Crippen molar-refractivity contribution in [1.29, 1.82) is 0 Å². The molecular weight excluding hydrogens is 239 g/mol. The number of hydrogen-bond donors (Lipinski definition) is 1. The summed E-state index contributed by atoms with van der Waals surface area (Å²) < 4.78 is 0.490. The van der Waals surface area contributed by atoms with Gasteiger partial charge in [0.05, 0.1) is 6.10 Å². The van der Waals surface area contributed by atoms with Crippen LogP contribution in [0.5, 0.6) is 0 Å². The van der Waals surface area contributed by atoms with Crippen LogP contribution in [0, 0.1) is 11.8 Å². The molecule has 1 N–H and O–H groups in total. The summed E-state index contributed by atoms with van der Waals surface area (Å²) in [6.07, 6.45) is 2.13. The third-order valence-electron chi connectivity index (χ3n) is 2.60. The second-order valence-corrected chi connectivity index (χ2v) is 5.11. The highest BCUT2D eigenvalue weighted by Gasteiger charge is 2.29. The minimum absolute atomic E-state index is 0.0493. The molecule has 60 valence electrons. The third kappa shape index (κ3) is 1.84. The number of rotatable bonds is 0. The maximum atomic E-state index is 9.46. The molecule has 0 spiro atoms. The van der Waals surface area contributed by atoms with Crippen LogP contribution in [0.15, 0.2) is 0 Å². The zero-order valence-corrected chi connectivity index (χ0v) is 8.71. The van der Waals surface area contributed by atoms with Crippen LogP contribution in [0.25, 0.3) is 0 Å². The Labute approximate surface area is 76.3 Å². The van der Waals surface area contributed by atoms with E-state index in [-0.39, 0.29) is 6.10 Å². The molecule has 0 bridgehead atoms. The topological polar surface area (TPSA) is 20.2 Å². The highest BCUT2D eigenvalue weighted by molar-refractivity contribution is 14.1. The molecule has 1 aliphatic rings. The number of alkyl halides is 1. The van der Waals surface area contributed by atoms with Crippen LogP contribution in [0.2, 0.25) is 0 Å². The van der Waals surface area contributed by atoms with Crippen molar-refractivity contribution in [2.75, 3.05) is 0 Å². The third-order valence-corrected chi connectivity index (χ3v) is 3.94. The van der Waals surface area contributed by atoms with E-state index in [0.717, 1.165) is 12.3 Å². The molecule has 0 radical (unpaired) electrons. The van der Waals surface area contributed by atoms with Crippen LogP contribution >= 0.6 is 22.6 Å². The molecule has 0 saturated heterocycles. The first-order chi connectivity index (χ1) is 4.61. The van der Waals surface area contributed by atoms with Gasteiger partial charge in [-0.3, -0.25) is 0 Å². The van der Waals surface area contributed by atoms with Gasteiger partial charge in [0.2, 0.25) is 0 Å². The van der Waals surface area contributed by atoms with Gasteiger partial charge in [-0.2, -0.15) is 0 Å². The molecule has 0 aromatic heterocycles. The maximum absolute atomic E-state index is 9.46. The molecule has 0 aromatic carbocycles. The molecule has 1 fully saturated rings. The van der Waals surface area contributed by atoms with Gasteiger partial charge in [-0.25, -0.2) is 0 Å². The first-order valence-corrected chi connectivity index (χ1v) is 5.18. The smallest absolute Gasteiger partial charge is 0.0660 e. The maximum Gasteiger partial charge on any atom is 0.0660 e. The lowest BCUT2D eigenvalue weighted by molar-refractivity contribution is 0.0922. The van der Waals surface area contributed by atoms with Gasteiger partial charge in [-0.1, -0.05) is 36.4 Å². The van der Waals surface area contributed by atoms with E-state index in [1.165, 1.54) is 6.42 Å². The van der Waals surface area contributed by atoms with Gasteiger partial charge in [-0.05, 0) is 24.7 Å². The van der Waals surface area contributed by atoms with Gasteiger partial charge in [0.25, 0.3) is 0 Å². The van der Waals surface area contributed by atoms with Crippen molar-refractivity contribution in [3.05, 3.63) is 0 Å². The Bertz CT molecular complexity index is 89.8. The molecule has 0 aliphatic heterocycles. The molecule has 4 atom stereocenters. The monoisotopic (exact) mass is 254 g/mol. The summed E-state index contributed by atoms with van der Waals surface area (Å²) in [5.74, 6) is 1.51. The van der Waals surface area contributed by atoms with E-state index in [4.69, 9.17) is 0 Å². The molecule has 0 unspecified atom stereocenters. The fourth-order valence-electron chi connectivity index (χ4n) is 1.51. The number of halogens is 1. The van der Waals surface area contributed by atoms with Gasteiger partial charge in [-0.15, -0.1) is 0 Å². The Kier molecular flexibility index (Phi) is 2.98. The van der Waals surface area contributed by atoms with Crippen LogP contribution in [0.4, 0.5) is 0 Å². The van der Waals surface area contributed by atoms with E-state index in [2.05, 4.69) is 36.4 Å². The Morgan fingerprint density at radius 3 is 2.20 bits per heavy atom. The summed E-state index contributed by atoms with van der Waals surface area (Å²) in [6, 6.07) is 0. The summed E-state index contributed by atoms with van der Waals surface area (Å²) in [6.45, 7) is 4.51. The van der Waals surface area contributed by atoms with Crippen molar-refractivity contribution in [2.24, 2.45) is 11.8 Å². The van der Waals surface area contributed by atoms with Gasteiger partial charge >= 0.3 is 0 Å². The van der Waals surface area contributed by atoms with Crippen LogP contribution in [-0.2, 0) is 0 Å². The van der Waals surface area contributed by atoms with Crippen LogP contribution in [0.1, 0.15) is 26.7 Å². The Morgan fingerprint density at radius 1 is 1.20 bits per heavy atom. The lowest BCUT2D eigenvalue weighted by atomic mass is 9.80. The van der Waals surface area contributed by atoms with E-state index in [1.807, 2.05) is 0 Å². The SMILES string of the molecule is C[C@@H]1C[C@H](O)[C@@H](I)C[C@H]1C. The van der Waals surface area contributed by atoms with E-state index in [9.17, 15) is 5.11 Å². The average molecular weight is 254 g/mol. The summed E-state index contributed by atoms with van der Waals surface area (Å²) in [4.78, 5) is 0. The van der Waals surface area contributed by atoms with Crippen molar-refractivity contribution in [3.63, 3.8) is 0 Å². The largest absolute Gasteiger partial charge is 0.392 e. The quantitative estimate of drug-likeness (QED) is 0.519. The van der Waals surface area contributed by atoms with Crippen molar-refractivity contribution >= 4 is 22.6 Å². The van der Waals surface area contributed by atoms with Gasteiger partial charge in [0, 0.05) is 3.92 Å². The summed E-state index contributed by atoms with van der Waals surface area (Å²) in [5.41, 5.74) is 0. The van der Waals surface area contributed by atoms with Crippen LogP contribution < -0.4 is 0 Å². The minimum Gasteiger partial charge on any atom is -0.392 e. The summed E-state index contributed by atoms with van der Waals surface area (Å²) in [7, 11) is 0. The predicted octanol–water partition coefficient (Wildman–Crippen LogP) is 2.22. The molecule has 0 aromatic rings. The van der Waals surface area contributed by atoms with Crippen LogP contribution in [0.3, 0.4) is 0 Å². The van der Waals surface area contributed by atoms with Crippen molar-refractivity contribution in [2.45, 2.75) is 36.7 Å². The van der Waals surface area contributed by atoms with Crippen molar-refractivity contribution in [3.8, 4) is 0 Å². The van der Waals surface area contributed by atoms with E-state index >= 15 is 0 Å². The molecular formula is C8H15IO. The lowest BCUT2D eigenvalue weighted by Gasteiger charge is -2.33. The molecule has 1 nitrogen and oxygen atoms in total. The molecule has 0 heterocycles. The van der Waals surface area contributed by atoms with Gasteiger partial charge < -0.3 is 5.11 Å². The van der Waals surface area contributed by atoms with Crippen LogP contribution in [-0.4, -0.2) is 15.1 Å². The first kappa shape index (κ1) is 8.78. The molecule has 2 heteroatoms.